The number of hydrogen-bond acceptors (Lipinski definition) is 6. The third-order valence-corrected chi connectivity index (χ3v) is 14.0. The van der Waals surface area contributed by atoms with Crippen LogP contribution < -0.4 is 27.2 Å². The second-order valence-corrected chi connectivity index (χ2v) is 16.7. The summed E-state index contributed by atoms with van der Waals surface area (Å²) in [5, 5.41) is 5.93. The van der Waals surface area contributed by atoms with Gasteiger partial charge in [-0.05, 0) is 53.2 Å². The Labute approximate surface area is 247 Å². The van der Waals surface area contributed by atoms with Crippen molar-refractivity contribution < 1.29 is 8.82 Å². The Morgan fingerprint density at radius 2 is 1.55 bits per heavy atom. The van der Waals surface area contributed by atoms with Crippen LogP contribution in [0.15, 0.2) is 102 Å². The molecule has 6 rings (SSSR count). The minimum atomic E-state index is -2.68. The van der Waals surface area contributed by atoms with Crippen LogP contribution in [0.4, 0.5) is 4.39 Å². The monoisotopic (exact) mass is 582 g/mol. The third kappa shape index (κ3) is 4.70. The van der Waals surface area contributed by atoms with Gasteiger partial charge in [-0.15, -0.1) is 0 Å². The van der Waals surface area contributed by atoms with Crippen molar-refractivity contribution in [2.45, 2.75) is 63.3 Å². The van der Waals surface area contributed by atoms with Gasteiger partial charge in [0.2, 0.25) is 0 Å². The van der Waals surface area contributed by atoms with Crippen LogP contribution in [0, 0.1) is 11.7 Å². The number of benzene rings is 2. The highest BCUT2D eigenvalue weighted by atomic mass is 28.4. The van der Waals surface area contributed by atoms with Gasteiger partial charge in [0.15, 0.2) is 5.66 Å². The second kappa shape index (κ2) is 10.7. The summed E-state index contributed by atoms with van der Waals surface area (Å²) in [6, 6.07) is 24.6. The van der Waals surface area contributed by atoms with Crippen LogP contribution in [0.3, 0.4) is 0 Å². The van der Waals surface area contributed by atoms with Gasteiger partial charge in [-0.2, -0.15) is 0 Å². The summed E-state index contributed by atoms with van der Waals surface area (Å²) in [5.41, 5.74) is 13.3. The quantitative estimate of drug-likeness (QED) is 0.290. The predicted octanol–water partition coefficient (Wildman–Crippen LogP) is 4.52. The van der Waals surface area contributed by atoms with Crippen LogP contribution in [0.5, 0.6) is 0 Å². The van der Waals surface area contributed by atoms with E-state index in [1.165, 1.54) is 22.6 Å². The van der Waals surface area contributed by atoms with Crippen molar-refractivity contribution >= 4 is 30.2 Å². The van der Waals surface area contributed by atoms with Gasteiger partial charge < -0.3 is 21.2 Å². The summed E-state index contributed by atoms with van der Waals surface area (Å²) in [6.45, 7) is 6.93. The number of rotatable bonds is 6. The summed E-state index contributed by atoms with van der Waals surface area (Å²) in [5.74, 6) is -0.0181. The Bertz CT molecular complexity index is 1580. The Morgan fingerprint density at radius 1 is 0.929 bits per heavy atom. The first-order valence-corrected chi connectivity index (χ1v) is 16.6. The molecule has 2 aromatic heterocycles. The molecule has 1 unspecified atom stereocenters. The second-order valence-electron chi connectivity index (χ2n) is 12.5. The van der Waals surface area contributed by atoms with E-state index in [9.17, 15) is 4.39 Å². The van der Waals surface area contributed by atoms with Gasteiger partial charge in [-0.3, -0.25) is 4.40 Å². The standard InChI is InChI=1S/C33H39FN6OSi/c1-32(2,3)42(26-10-6-4-7-11-26,27-12-8-5-9-13-27)41-25-17-14-23(15-18-25)33(38-20-28(35)31(36)39-33)29-21-37-30-19-16-24(34)22-40(29)30/h4-13,16,19-23,25,38H,14-15,17-18,35H2,1-3H3,(H2,36,39). The number of aliphatic imine (C=N–C) groups is 1. The molecule has 9 heteroatoms. The molecule has 1 aliphatic carbocycles. The van der Waals surface area contributed by atoms with Crippen LogP contribution >= 0.6 is 0 Å². The molecule has 0 saturated heterocycles. The third-order valence-electron chi connectivity index (χ3n) is 8.93. The first-order valence-electron chi connectivity index (χ1n) is 14.6. The average molecular weight is 583 g/mol. The molecular formula is C33H39FN6OSi. The first kappa shape index (κ1) is 28.2. The maximum Gasteiger partial charge on any atom is 0.261 e. The molecular weight excluding hydrogens is 543 g/mol. The number of imidazole rings is 1. The van der Waals surface area contributed by atoms with Crippen molar-refractivity contribution in [2.24, 2.45) is 22.4 Å². The van der Waals surface area contributed by atoms with E-state index in [-0.39, 0.29) is 28.7 Å². The fraction of sp³-hybridized carbons (Fsp3) is 0.333. The van der Waals surface area contributed by atoms with Gasteiger partial charge in [-0.25, -0.2) is 14.4 Å². The Balaban J connectivity index is 1.34. The van der Waals surface area contributed by atoms with Crippen LogP contribution in [0.2, 0.25) is 5.04 Å². The zero-order valence-corrected chi connectivity index (χ0v) is 25.4. The lowest BCUT2D eigenvalue weighted by Gasteiger charge is -2.48. The molecule has 2 aliphatic rings. The van der Waals surface area contributed by atoms with Crippen LogP contribution in [-0.2, 0) is 10.1 Å². The van der Waals surface area contributed by atoms with E-state index in [0.717, 1.165) is 31.4 Å². The molecule has 0 amide bonds. The highest BCUT2D eigenvalue weighted by Crippen LogP contribution is 2.45. The van der Waals surface area contributed by atoms with E-state index in [1.807, 2.05) is 0 Å². The molecule has 1 atom stereocenters. The van der Waals surface area contributed by atoms with Gasteiger partial charge in [0.05, 0.1) is 17.6 Å². The first-order chi connectivity index (χ1) is 20.1. The number of amidine groups is 1. The van der Waals surface area contributed by atoms with Gasteiger partial charge >= 0.3 is 0 Å². The minimum absolute atomic E-state index is 0.0579. The molecule has 2 aromatic carbocycles. The zero-order valence-electron chi connectivity index (χ0n) is 24.4. The van der Waals surface area contributed by atoms with Crippen molar-refractivity contribution in [3.63, 3.8) is 0 Å². The SMILES string of the molecule is CC(C)(C)[Si](OC1CCC(C2(c3cnc4ccc(F)cn34)N=C(N)C(N)=CN2)CC1)(c1ccccc1)c1ccccc1. The number of hydrogen-bond donors (Lipinski definition) is 3. The van der Waals surface area contributed by atoms with Crippen molar-refractivity contribution in [3.05, 3.63) is 109 Å². The number of nitrogens with zero attached hydrogens (tertiary/aromatic N) is 3. The summed E-state index contributed by atoms with van der Waals surface area (Å²) >= 11 is 0. The van der Waals surface area contributed by atoms with Gasteiger partial charge in [0.1, 0.15) is 17.3 Å². The number of nitrogens with two attached hydrogens (primary N) is 2. The topological polar surface area (TPSA) is 103 Å². The molecule has 7 nitrogen and oxygen atoms in total. The van der Waals surface area contributed by atoms with Gasteiger partial charge in [0, 0.05) is 24.4 Å². The maximum absolute atomic E-state index is 14.4. The molecule has 1 aliphatic heterocycles. The number of pyridine rings is 1. The van der Waals surface area contributed by atoms with Crippen LogP contribution in [-0.4, -0.2) is 29.6 Å². The molecule has 3 heterocycles. The maximum atomic E-state index is 14.4. The Kier molecular flexibility index (Phi) is 7.18. The van der Waals surface area contributed by atoms with Crippen molar-refractivity contribution in [1.82, 2.24) is 14.7 Å². The van der Waals surface area contributed by atoms with E-state index in [2.05, 4.69) is 91.7 Å². The molecule has 0 spiro atoms. The summed E-state index contributed by atoms with van der Waals surface area (Å²) in [4.78, 5) is 9.50. The average Bonchev–Trinajstić information content (AvgIpc) is 3.41. The summed E-state index contributed by atoms with van der Waals surface area (Å²) in [6.07, 6.45) is 8.40. The van der Waals surface area contributed by atoms with Crippen molar-refractivity contribution in [1.29, 1.82) is 0 Å². The van der Waals surface area contributed by atoms with E-state index >= 15 is 0 Å². The van der Waals surface area contributed by atoms with Crippen LogP contribution in [0.25, 0.3) is 5.65 Å². The van der Waals surface area contributed by atoms with E-state index in [1.54, 1.807) is 22.9 Å². The lowest BCUT2D eigenvalue weighted by Crippen LogP contribution is -2.68. The largest absolute Gasteiger partial charge is 0.404 e. The highest BCUT2D eigenvalue weighted by Gasteiger charge is 2.53. The Morgan fingerprint density at radius 3 is 2.12 bits per heavy atom. The van der Waals surface area contributed by atoms with Gasteiger partial charge in [0.25, 0.3) is 8.32 Å². The predicted molar refractivity (Wildman–Crippen MR) is 168 cm³/mol. The fourth-order valence-corrected chi connectivity index (χ4v) is 11.6. The Hall–Kier alpha value is -3.95. The normalized spacial score (nSPS) is 23.2. The number of nitrogens with one attached hydrogen (secondary N) is 1. The minimum Gasteiger partial charge on any atom is -0.404 e. The highest BCUT2D eigenvalue weighted by molar-refractivity contribution is 6.99. The van der Waals surface area contributed by atoms with Gasteiger partial charge in [-0.1, -0.05) is 81.4 Å². The zero-order chi connectivity index (χ0) is 29.5. The number of fused-ring (bicyclic) bond motifs is 1. The molecule has 1 fully saturated rings. The fourth-order valence-electron chi connectivity index (χ4n) is 6.87. The molecule has 0 radical (unpaired) electrons. The molecule has 5 N–H and O–H groups in total. The summed E-state index contributed by atoms with van der Waals surface area (Å²) < 4.78 is 23.6. The number of aromatic nitrogens is 2. The van der Waals surface area contributed by atoms with Crippen molar-refractivity contribution in [3.8, 4) is 0 Å². The molecule has 4 aromatic rings. The molecule has 0 bridgehead atoms. The molecule has 218 valence electrons. The molecule has 42 heavy (non-hydrogen) atoms. The van der Waals surface area contributed by atoms with E-state index in [4.69, 9.17) is 20.9 Å². The van der Waals surface area contributed by atoms with Crippen LogP contribution in [0.1, 0.15) is 52.1 Å². The molecule has 1 saturated carbocycles. The smallest absolute Gasteiger partial charge is 0.261 e. The summed E-state index contributed by atoms with van der Waals surface area (Å²) in [7, 11) is -2.68. The lowest BCUT2D eigenvalue weighted by molar-refractivity contribution is 0.0829. The van der Waals surface area contributed by atoms with E-state index in [0.29, 0.717) is 11.3 Å². The number of halogens is 1. The lowest BCUT2D eigenvalue weighted by atomic mass is 9.77. The van der Waals surface area contributed by atoms with Crippen molar-refractivity contribution in [2.75, 3.05) is 0 Å². The van der Waals surface area contributed by atoms with E-state index < -0.39 is 14.0 Å².